The van der Waals surface area contributed by atoms with Gasteiger partial charge in [-0.2, -0.15) is 0 Å². The zero-order valence-corrected chi connectivity index (χ0v) is 16.4. The largest absolute Gasteiger partial charge is 0.484 e. The lowest BCUT2D eigenvalue weighted by Gasteiger charge is -2.24. The Kier molecular flexibility index (Phi) is 6.72. The van der Waals surface area contributed by atoms with Gasteiger partial charge in [-0.1, -0.05) is 18.9 Å². The second-order valence-electron chi connectivity index (χ2n) is 7.48. The van der Waals surface area contributed by atoms with E-state index in [1.807, 2.05) is 26.0 Å². The number of hydrogen-bond acceptors (Lipinski definition) is 4. The van der Waals surface area contributed by atoms with Gasteiger partial charge in [-0.25, -0.2) is 0 Å². The van der Waals surface area contributed by atoms with Gasteiger partial charge in [0.15, 0.2) is 6.61 Å². The molecule has 2 N–H and O–H groups in total. The Morgan fingerprint density at radius 3 is 2.74 bits per heavy atom. The first-order chi connectivity index (χ1) is 13.1. The number of fused-ring (bicyclic) bond motifs is 1. The van der Waals surface area contributed by atoms with Crippen LogP contribution >= 0.6 is 0 Å². The minimum atomic E-state index is -0.119. The van der Waals surface area contributed by atoms with Gasteiger partial charge in [0.2, 0.25) is 5.91 Å². The zero-order chi connectivity index (χ0) is 19.2. The number of amides is 2. The summed E-state index contributed by atoms with van der Waals surface area (Å²) in [5.74, 6) is 1.20. The van der Waals surface area contributed by atoms with E-state index in [-0.39, 0.29) is 24.5 Å². The number of nitrogens with zero attached hydrogens (tertiary/aromatic N) is 1. The van der Waals surface area contributed by atoms with Gasteiger partial charge in [0, 0.05) is 30.9 Å². The second-order valence-corrected chi connectivity index (χ2v) is 7.48. The highest BCUT2D eigenvalue weighted by atomic mass is 16.5. The van der Waals surface area contributed by atoms with Crippen LogP contribution in [0.5, 0.6) is 5.75 Å². The van der Waals surface area contributed by atoms with Crippen molar-refractivity contribution in [2.24, 2.45) is 5.92 Å². The predicted octanol–water partition coefficient (Wildman–Crippen LogP) is 2.79. The fourth-order valence-electron chi connectivity index (χ4n) is 4.23. The van der Waals surface area contributed by atoms with Gasteiger partial charge in [-0.3, -0.25) is 9.59 Å². The molecular weight excluding hydrogens is 342 g/mol. The molecule has 2 amide bonds. The molecule has 1 saturated carbocycles. The van der Waals surface area contributed by atoms with E-state index in [0.29, 0.717) is 36.5 Å². The highest BCUT2D eigenvalue weighted by molar-refractivity contribution is 5.95. The van der Waals surface area contributed by atoms with Crippen molar-refractivity contribution in [2.45, 2.75) is 58.0 Å². The molecule has 0 aromatic heterocycles. The number of carbonyl (C=O) groups excluding carboxylic acids is 2. The minimum Gasteiger partial charge on any atom is -0.484 e. The lowest BCUT2D eigenvalue weighted by Crippen LogP contribution is -2.39. The number of rotatable bonds is 7. The molecule has 1 aromatic rings. The van der Waals surface area contributed by atoms with Crippen LogP contribution in [-0.2, 0) is 9.59 Å². The molecule has 148 valence electrons. The number of likely N-dealkylation sites (N-methyl/N-ethyl adjacent to an activating group) is 1. The van der Waals surface area contributed by atoms with Gasteiger partial charge in [0.05, 0.1) is 6.04 Å². The molecule has 1 aliphatic carbocycles. The fourth-order valence-corrected chi connectivity index (χ4v) is 4.23. The Bertz CT molecular complexity index is 646. The summed E-state index contributed by atoms with van der Waals surface area (Å²) in [5.41, 5.74) is 0.699. The maximum Gasteiger partial charge on any atom is 0.260 e. The van der Waals surface area contributed by atoms with Crippen LogP contribution in [0.1, 0.15) is 46.0 Å². The smallest absolute Gasteiger partial charge is 0.260 e. The SMILES string of the molecule is CCN(CC)C(=O)COc1cccc(NC(=O)C2CC3CCCCC3N2)c1. The van der Waals surface area contributed by atoms with E-state index in [0.717, 1.165) is 6.42 Å². The molecule has 2 aliphatic rings. The van der Waals surface area contributed by atoms with Crippen LogP contribution in [0.3, 0.4) is 0 Å². The second kappa shape index (κ2) is 9.22. The lowest BCUT2D eigenvalue weighted by molar-refractivity contribution is -0.133. The van der Waals surface area contributed by atoms with Crippen LogP contribution in [0.4, 0.5) is 5.69 Å². The average molecular weight is 373 g/mol. The minimum absolute atomic E-state index is 0.00657. The Balaban J connectivity index is 1.53. The predicted molar refractivity (Wildman–Crippen MR) is 106 cm³/mol. The highest BCUT2D eigenvalue weighted by Crippen LogP contribution is 2.33. The van der Waals surface area contributed by atoms with Crippen LogP contribution in [0.2, 0.25) is 0 Å². The highest BCUT2D eigenvalue weighted by Gasteiger charge is 2.38. The molecule has 3 rings (SSSR count). The van der Waals surface area contributed by atoms with Gasteiger partial charge in [-0.15, -0.1) is 0 Å². The monoisotopic (exact) mass is 373 g/mol. The van der Waals surface area contributed by atoms with Crippen molar-refractivity contribution in [3.63, 3.8) is 0 Å². The standard InChI is InChI=1S/C21H31N3O3/c1-3-24(4-2)20(25)14-27-17-10-7-9-16(13-17)22-21(26)19-12-15-8-5-6-11-18(15)23-19/h7,9-10,13,15,18-19,23H,3-6,8,11-12,14H2,1-2H3,(H,22,26). The molecule has 2 fully saturated rings. The molecule has 6 heteroatoms. The number of ether oxygens (including phenoxy) is 1. The van der Waals surface area contributed by atoms with Crippen molar-refractivity contribution in [2.75, 3.05) is 25.0 Å². The lowest BCUT2D eigenvalue weighted by atomic mass is 9.85. The summed E-state index contributed by atoms with van der Waals surface area (Å²) in [5, 5.41) is 6.49. The Labute approximate surface area is 161 Å². The Morgan fingerprint density at radius 1 is 1.22 bits per heavy atom. The maximum atomic E-state index is 12.6. The third-order valence-electron chi connectivity index (χ3n) is 5.76. The van der Waals surface area contributed by atoms with Gasteiger partial charge < -0.3 is 20.3 Å². The summed E-state index contributed by atoms with van der Waals surface area (Å²) in [6, 6.07) is 7.62. The number of carbonyl (C=O) groups is 2. The van der Waals surface area contributed by atoms with Crippen molar-refractivity contribution >= 4 is 17.5 Å². The first-order valence-corrected chi connectivity index (χ1v) is 10.2. The molecule has 1 saturated heterocycles. The summed E-state index contributed by atoms with van der Waals surface area (Å²) in [6.45, 7) is 5.25. The van der Waals surface area contributed by atoms with Gasteiger partial charge in [0.25, 0.3) is 5.91 Å². The molecule has 1 aliphatic heterocycles. The fraction of sp³-hybridized carbons (Fsp3) is 0.619. The normalized spacial score (nSPS) is 24.1. The van der Waals surface area contributed by atoms with E-state index in [4.69, 9.17) is 4.74 Å². The molecule has 6 nitrogen and oxygen atoms in total. The van der Waals surface area contributed by atoms with Crippen LogP contribution < -0.4 is 15.4 Å². The maximum absolute atomic E-state index is 12.6. The van der Waals surface area contributed by atoms with E-state index in [1.54, 1.807) is 17.0 Å². The molecule has 3 unspecified atom stereocenters. The summed E-state index contributed by atoms with van der Waals surface area (Å²) >= 11 is 0. The third kappa shape index (κ3) is 5.01. The summed E-state index contributed by atoms with van der Waals surface area (Å²) in [6.07, 6.45) is 5.87. The topological polar surface area (TPSA) is 70.7 Å². The third-order valence-corrected chi connectivity index (χ3v) is 5.76. The van der Waals surface area contributed by atoms with Gasteiger partial charge in [0.1, 0.15) is 5.75 Å². The van der Waals surface area contributed by atoms with Crippen molar-refractivity contribution < 1.29 is 14.3 Å². The van der Waals surface area contributed by atoms with E-state index in [1.165, 1.54) is 25.7 Å². The Morgan fingerprint density at radius 2 is 2.00 bits per heavy atom. The van der Waals surface area contributed by atoms with Crippen molar-refractivity contribution in [1.82, 2.24) is 10.2 Å². The Hall–Kier alpha value is -2.08. The molecule has 0 spiro atoms. The summed E-state index contributed by atoms with van der Waals surface area (Å²) in [7, 11) is 0. The quantitative estimate of drug-likeness (QED) is 0.771. The molecule has 3 atom stereocenters. The zero-order valence-electron chi connectivity index (χ0n) is 16.4. The number of anilines is 1. The van der Waals surface area contributed by atoms with E-state index >= 15 is 0 Å². The van der Waals surface area contributed by atoms with E-state index < -0.39 is 0 Å². The summed E-state index contributed by atoms with van der Waals surface area (Å²) < 4.78 is 5.62. The van der Waals surface area contributed by atoms with Crippen LogP contribution in [0, 0.1) is 5.92 Å². The first-order valence-electron chi connectivity index (χ1n) is 10.2. The molecule has 1 heterocycles. The molecule has 0 radical (unpaired) electrons. The van der Waals surface area contributed by atoms with Gasteiger partial charge >= 0.3 is 0 Å². The summed E-state index contributed by atoms with van der Waals surface area (Å²) in [4.78, 5) is 26.4. The number of benzene rings is 1. The van der Waals surface area contributed by atoms with E-state index in [9.17, 15) is 9.59 Å². The molecule has 27 heavy (non-hydrogen) atoms. The van der Waals surface area contributed by atoms with Crippen LogP contribution in [0.15, 0.2) is 24.3 Å². The van der Waals surface area contributed by atoms with Crippen LogP contribution in [-0.4, -0.2) is 48.5 Å². The first kappa shape index (κ1) is 19.7. The van der Waals surface area contributed by atoms with Crippen molar-refractivity contribution in [1.29, 1.82) is 0 Å². The van der Waals surface area contributed by atoms with Crippen LogP contribution in [0.25, 0.3) is 0 Å². The van der Waals surface area contributed by atoms with Crippen molar-refractivity contribution in [3.8, 4) is 5.75 Å². The number of nitrogens with one attached hydrogen (secondary N) is 2. The van der Waals surface area contributed by atoms with Gasteiger partial charge in [-0.05, 0) is 51.2 Å². The number of hydrogen-bond donors (Lipinski definition) is 2. The molecule has 1 aromatic carbocycles. The van der Waals surface area contributed by atoms with Crippen molar-refractivity contribution in [3.05, 3.63) is 24.3 Å². The molecular formula is C21H31N3O3. The van der Waals surface area contributed by atoms with E-state index in [2.05, 4.69) is 10.6 Å². The molecule has 0 bridgehead atoms. The average Bonchev–Trinajstić information content (AvgIpc) is 3.12.